The molecular weight excluding hydrogens is 198 g/mol. The number of anilines is 1. The summed E-state index contributed by atoms with van der Waals surface area (Å²) in [6.07, 6.45) is 5.46. The Morgan fingerprint density at radius 2 is 2.06 bits per heavy atom. The van der Waals surface area contributed by atoms with E-state index in [-0.39, 0.29) is 0 Å². The summed E-state index contributed by atoms with van der Waals surface area (Å²) in [5.41, 5.74) is 4.56. The molecule has 2 aromatic rings. The summed E-state index contributed by atoms with van der Waals surface area (Å²) in [7, 11) is 0. The van der Waals surface area contributed by atoms with Crippen molar-refractivity contribution in [2.24, 2.45) is 0 Å². The fourth-order valence-corrected chi connectivity index (χ4v) is 1.54. The SMILES string of the molecule is Cc1ccncc1NCc1cccnc1C. The maximum Gasteiger partial charge on any atom is 0.0559 e. The van der Waals surface area contributed by atoms with E-state index in [1.54, 1.807) is 6.20 Å². The number of hydrogen-bond donors (Lipinski definition) is 1. The lowest BCUT2D eigenvalue weighted by atomic mass is 10.2. The molecule has 3 heteroatoms. The number of hydrogen-bond acceptors (Lipinski definition) is 3. The van der Waals surface area contributed by atoms with Crippen LogP contribution in [0.25, 0.3) is 0 Å². The van der Waals surface area contributed by atoms with Crippen molar-refractivity contribution in [1.82, 2.24) is 9.97 Å². The van der Waals surface area contributed by atoms with E-state index in [1.165, 1.54) is 11.1 Å². The largest absolute Gasteiger partial charge is 0.379 e. The minimum Gasteiger partial charge on any atom is -0.379 e. The molecule has 3 nitrogen and oxygen atoms in total. The van der Waals surface area contributed by atoms with E-state index in [4.69, 9.17) is 0 Å². The van der Waals surface area contributed by atoms with Gasteiger partial charge in [0.15, 0.2) is 0 Å². The number of nitrogens with one attached hydrogen (secondary N) is 1. The first-order chi connectivity index (χ1) is 7.77. The van der Waals surface area contributed by atoms with Gasteiger partial charge in [0, 0.05) is 24.6 Å². The second-order valence-electron chi connectivity index (χ2n) is 3.79. The molecule has 0 unspecified atom stereocenters. The molecular formula is C13H15N3. The maximum absolute atomic E-state index is 4.26. The summed E-state index contributed by atoms with van der Waals surface area (Å²) in [4.78, 5) is 8.36. The molecule has 0 saturated carbocycles. The third-order valence-electron chi connectivity index (χ3n) is 2.62. The fraction of sp³-hybridized carbons (Fsp3) is 0.231. The van der Waals surface area contributed by atoms with Crippen LogP contribution < -0.4 is 5.32 Å². The zero-order chi connectivity index (χ0) is 11.4. The molecule has 0 saturated heterocycles. The highest BCUT2D eigenvalue weighted by Gasteiger charge is 2.00. The number of nitrogens with zero attached hydrogens (tertiary/aromatic N) is 2. The average Bonchev–Trinajstić information content (AvgIpc) is 2.30. The van der Waals surface area contributed by atoms with Crippen molar-refractivity contribution in [3.05, 3.63) is 53.6 Å². The minimum atomic E-state index is 0.784. The first-order valence-corrected chi connectivity index (χ1v) is 5.32. The predicted octanol–water partition coefficient (Wildman–Crippen LogP) is 2.71. The Balaban J connectivity index is 2.09. The van der Waals surface area contributed by atoms with Crippen molar-refractivity contribution in [2.75, 3.05) is 5.32 Å². The molecule has 2 rings (SSSR count). The van der Waals surface area contributed by atoms with Crippen LogP contribution in [0.4, 0.5) is 5.69 Å². The quantitative estimate of drug-likeness (QED) is 0.851. The summed E-state index contributed by atoms with van der Waals surface area (Å²) >= 11 is 0. The highest BCUT2D eigenvalue weighted by molar-refractivity contribution is 5.48. The average molecular weight is 213 g/mol. The molecule has 0 aliphatic heterocycles. The topological polar surface area (TPSA) is 37.8 Å². The van der Waals surface area contributed by atoms with E-state index in [9.17, 15) is 0 Å². The van der Waals surface area contributed by atoms with Gasteiger partial charge in [-0.1, -0.05) is 6.07 Å². The van der Waals surface area contributed by atoms with E-state index in [2.05, 4.69) is 28.3 Å². The van der Waals surface area contributed by atoms with E-state index in [0.29, 0.717) is 0 Å². The molecule has 2 aromatic heterocycles. The second kappa shape index (κ2) is 4.75. The van der Waals surface area contributed by atoms with Crippen molar-refractivity contribution in [1.29, 1.82) is 0 Å². The molecule has 16 heavy (non-hydrogen) atoms. The van der Waals surface area contributed by atoms with Gasteiger partial charge in [-0.15, -0.1) is 0 Å². The van der Waals surface area contributed by atoms with Crippen LogP contribution in [0.2, 0.25) is 0 Å². The van der Waals surface area contributed by atoms with Crippen molar-refractivity contribution < 1.29 is 0 Å². The monoisotopic (exact) mass is 213 g/mol. The Morgan fingerprint density at radius 1 is 1.19 bits per heavy atom. The lowest BCUT2D eigenvalue weighted by molar-refractivity contribution is 1.05. The van der Waals surface area contributed by atoms with Gasteiger partial charge >= 0.3 is 0 Å². The van der Waals surface area contributed by atoms with E-state index >= 15 is 0 Å². The van der Waals surface area contributed by atoms with E-state index < -0.39 is 0 Å². The first kappa shape index (κ1) is 10.6. The number of aryl methyl sites for hydroxylation is 2. The molecule has 0 spiro atoms. The Labute approximate surface area is 95.6 Å². The summed E-state index contributed by atoms with van der Waals surface area (Å²) in [5.74, 6) is 0. The maximum atomic E-state index is 4.26. The molecule has 1 N–H and O–H groups in total. The molecule has 0 aliphatic rings. The lowest BCUT2D eigenvalue weighted by Gasteiger charge is -2.09. The van der Waals surface area contributed by atoms with E-state index in [1.807, 2.05) is 31.5 Å². The van der Waals surface area contributed by atoms with Crippen LogP contribution >= 0.6 is 0 Å². The van der Waals surface area contributed by atoms with Crippen molar-refractivity contribution in [2.45, 2.75) is 20.4 Å². The smallest absolute Gasteiger partial charge is 0.0559 e. The first-order valence-electron chi connectivity index (χ1n) is 5.32. The Kier molecular flexibility index (Phi) is 3.15. The van der Waals surface area contributed by atoms with Crippen molar-refractivity contribution >= 4 is 5.69 Å². The van der Waals surface area contributed by atoms with Gasteiger partial charge in [0.25, 0.3) is 0 Å². The molecule has 0 aliphatic carbocycles. The Morgan fingerprint density at radius 3 is 2.81 bits per heavy atom. The van der Waals surface area contributed by atoms with Crippen LogP contribution in [0.3, 0.4) is 0 Å². The fourth-order valence-electron chi connectivity index (χ4n) is 1.54. The highest BCUT2D eigenvalue weighted by atomic mass is 14.9. The third-order valence-corrected chi connectivity index (χ3v) is 2.62. The van der Waals surface area contributed by atoms with Gasteiger partial charge in [-0.05, 0) is 37.1 Å². The number of aromatic nitrogens is 2. The van der Waals surface area contributed by atoms with Crippen LogP contribution in [0, 0.1) is 13.8 Å². The van der Waals surface area contributed by atoms with Gasteiger partial charge in [-0.25, -0.2) is 0 Å². The second-order valence-corrected chi connectivity index (χ2v) is 3.79. The number of rotatable bonds is 3. The predicted molar refractivity (Wildman–Crippen MR) is 65.3 cm³/mol. The van der Waals surface area contributed by atoms with Gasteiger partial charge in [-0.3, -0.25) is 9.97 Å². The van der Waals surface area contributed by atoms with Crippen LogP contribution in [-0.4, -0.2) is 9.97 Å². The third kappa shape index (κ3) is 2.37. The van der Waals surface area contributed by atoms with Gasteiger partial charge in [0.2, 0.25) is 0 Å². The highest BCUT2D eigenvalue weighted by Crippen LogP contribution is 2.13. The zero-order valence-electron chi connectivity index (χ0n) is 9.57. The standard InChI is InChI=1S/C13H15N3/c1-10-5-7-14-9-13(10)16-8-12-4-3-6-15-11(12)2/h3-7,9,16H,8H2,1-2H3. The Hall–Kier alpha value is -1.90. The van der Waals surface area contributed by atoms with Crippen LogP contribution in [0.15, 0.2) is 36.8 Å². The lowest BCUT2D eigenvalue weighted by Crippen LogP contribution is -2.03. The molecule has 0 bridgehead atoms. The number of pyridine rings is 2. The molecule has 0 atom stereocenters. The Bertz CT molecular complexity index is 435. The van der Waals surface area contributed by atoms with Gasteiger partial charge < -0.3 is 5.32 Å². The van der Waals surface area contributed by atoms with Crippen LogP contribution in [0.1, 0.15) is 16.8 Å². The summed E-state index contributed by atoms with van der Waals surface area (Å²) < 4.78 is 0. The summed E-state index contributed by atoms with van der Waals surface area (Å²) in [6, 6.07) is 6.04. The molecule has 0 fully saturated rings. The molecule has 0 amide bonds. The van der Waals surface area contributed by atoms with Gasteiger partial charge in [0.05, 0.1) is 11.9 Å². The van der Waals surface area contributed by atoms with Crippen LogP contribution in [-0.2, 0) is 6.54 Å². The molecule has 0 aromatic carbocycles. The minimum absolute atomic E-state index is 0.784. The molecule has 0 radical (unpaired) electrons. The van der Waals surface area contributed by atoms with Gasteiger partial charge in [0.1, 0.15) is 0 Å². The van der Waals surface area contributed by atoms with Gasteiger partial charge in [-0.2, -0.15) is 0 Å². The van der Waals surface area contributed by atoms with Crippen molar-refractivity contribution in [3.63, 3.8) is 0 Å². The summed E-state index contributed by atoms with van der Waals surface area (Å²) in [6.45, 7) is 4.87. The molecule has 82 valence electrons. The normalized spacial score (nSPS) is 10.1. The van der Waals surface area contributed by atoms with Crippen LogP contribution in [0.5, 0.6) is 0 Å². The van der Waals surface area contributed by atoms with Crippen molar-refractivity contribution in [3.8, 4) is 0 Å². The molecule has 2 heterocycles. The zero-order valence-corrected chi connectivity index (χ0v) is 9.57. The van der Waals surface area contributed by atoms with E-state index in [0.717, 1.165) is 17.9 Å². The summed E-state index contributed by atoms with van der Waals surface area (Å²) in [5, 5.41) is 3.37.